The molecule has 11 nitrogen and oxygen atoms in total. The van der Waals surface area contributed by atoms with Gasteiger partial charge in [-0.1, -0.05) is 18.2 Å². The van der Waals surface area contributed by atoms with Crippen molar-refractivity contribution in [2.24, 2.45) is 0 Å². The van der Waals surface area contributed by atoms with Crippen LogP contribution in [0.2, 0.25) is 0 Å². The number of carbonyl (C=O) groups excluding carboxylic acids is 5. The Morgan fingerprint density at radius 3 is 1.11 bits per heavy atom. The van der Waals surface area contributed by atoms with Gasteiger partial charge in [-0.15, -0.1) is 0 Å². The van der Waals surface area contributed by atoms with E-state index in [0.29, 0.717) is 11.1 Å². The number of benzene rings is 3. The van der Waals surface area contributed by atoms with Gasteiger partial charge in [-0.05, 0) is 75.7 Å². The molecule has 0 saturated carbocycles. The van der Waals surface area contributed by atoms with Gasteiger partial charge in [-0.3, -0.25) is 4.79 Å². The molecule has 12 heteroatoms. The van der Waals surface area contributed by atoms with Crippen LogP contribution in [0.25, 0.3) is 0 Å². The molecule has 0 aliphatic rings. The molecule has 0 aliphatic heterocycles. The molecule has 0 atom stereocenters. The Kier molecular flexibility index (Phi) is 12.9. The van der Waals surface area contributed by atoms with Crippen molar-refractivity contribution in [2.75, 3.05) is 26.4 Å². The second kappa shape index (κ2) is 16.8. The molecule has 3 rings (SSSR count). The molecule has 0 saturated heterocycles. The summed E-state index contributed by atoms with van der Waals surface area (Å²) < 4.78 is 32.0. The standard InChI is InChI=1S/C33H33ClO11/c1-5-40-30(36)22-12-23(31(37)41-6-2)15-26(14-22)44-18-20-10-9-11-21(28(20)29(34)35)19-45-27-16-24(32(38)42-7-3)13-25(17-27)33(39)43-8-4/h9-17H,5-8,18-19H2,1-4H3. The molecule has 0 amide bonds. The molecule has 45 heavy (non-hydrogen) atoms. The monoisotopic (exact) mass is 640 g/mol. The molecule has 0 aromatic heterocycles. The smallest absolute Gasteiger partial charge is 0.338 e. The second-order valence-electron chi connectivity index (χ2n) is 9.18. The maximum Gasteiger partial charge on any atom is 0.338 e. The molecule has 0 fully saturated rings. The normalized spacial score (nSPS) is 10.4. The van der Waals surface area contributed by atoms with E-state index in [9.17, 15) is 24.0 Å². The summed E-state index contributed by atoms with van der Waals surface area (Å²) >= 11 is 5.99. The lowest BCUT2D eigenvalue weighted by atomic mass is 10.0. The molecular weight excluding hydrogens is 608 g/mol. The minimum absolute atomic E-state index is 0.0837. The van der Waals surface area contributed by atoms with E-state index >= 15 is 0 Å². The molecule has 0 heterocycles. The van der Waals surface area contributed by atoms with E-state index in [4.69, 9.17) is 40.0 Å². The summed E-state index contributed by atoms with van der Waals surface area (Å²) in [5.41, 5.74) is 1.23. The number of halogens is 1. The predicted octanol–water partition coefficient (Wildman–Crippen LogP) is 5.93. The van der Waals surface area contributed by atoms with Crippen LogP contribution in [0.15, 0.2) is 54.6 Å². The Labute approximate surface area is 265 Å². The van der Waals surface area contributed by atoms with Crippen molar-refractivity contribution in [1.82, 2.24) is 0 Å². The lowest BCUT2D eigenvalue weighted by Crippen LogP contribution is -2.12. The van der Waals surface area contributed by atoms with E-state index < -0.39 is 29.1 Å². The predicted molar refractivity (Wildman–Crippen MR) is 162 cm³/mol. The Balaban J connectivity index is 1.90. The van der Waals surface area contributed by atoms with Crippen molar-refractivity contribution in [3.63, 3.8) is 0 Å². The van der Waals surface area contributed by atoms with Crippen LogP contribution in [0.5, 0.6) is 11.5 Å². The van der Waals surface area contributed by atoms with Gasteiger partial charge in [0.25, 0.3) is 5.24 Å². The second-order valence-corrected chi connectivity index (χ2v) is 9.52. The Morgan fingerprint density at radius 1 is 0.533 bits per heavy atom. The maximum atomic E-state index is 12.6. The van der Waals surface area contributed by atoms with E-state index in [2.05, 4.69) is 0 Å². The van der Waals surface area contributed by atoms with Crippen molar-refractivity contribution in [1.29, 1.82) is 0 Å². The minimum atomic E-state index is -0.784. The first-order chi connectivity index (χ1) is 21.6. The van der Waals surface area contributed by atoms with E-state index in [0.717, 1.165) is 0 Å². The Bertz CT molecular complexity index is 1390. The summed E-state index contributed by atoms with van der Waals surface area (Å²) in [6.07, 6.45) is 0. The average Bonchev–Trinajstić information content (AvgIpc) is 3.02. The molecule has 238 valence electrons. The molecule has 3 aromatic carbocycles. The van der Waals surface area contributed by atoms with E-state index in [1.54, 1.807) is 45.9 Å². The van der Waals surface area contributed by atoms with Crippen LogP contribution in [0.4, 0.5) is 0 Å². The lowest BCUT2D eigenvalue weighted by molar-refractivity contribution is 0.0505. The van der Waals surface area contributed by atoms with Crippen LogP contribution >= 0.6 is 11.6 Å². The van der Waals surface area contributed by atoms with Gasteiger partial charge in [0.15, 0.2) is 0 Å². The van der Waals surface area contributed by atoms with E-state index in [1.807, 2.05) is 0 Å². The summed E-state index contributed by atoms with van der Waals surface area (Å²) in [5.74, 6) is -2.30. The van der Waals surface area contributed by atoms with Crippen molar-refractivity contribution < 1.29 is 52.4 Å². The van der Waals surface area contributed by atoms with Crippen molar-refractivity contribution >= 4 is 40.7 Å². The van der Waals surface area contributed by atoms with Crippen molar-refractivity contribution in [3.05, 3.63) is 93.5 Å². The van der Waals surface area contributed by atoms with Gasteiger partial charge in [0.1, 0.15) is 24.7 Å². The molecule has 0 aliphatic carbocycles. The summed E-state index contributed by atoms with van der Waals surface area (Å²) in [5, 5.41) is -0.784. The molecule has 0 bridgehead atoms. The number of hydrogen-bond donors (Lipinski definition) is 0. The molecule has 0 radical (unpaired) electrons. The van der Waals surface area contributed by atoms with Crippen LogP contribution in [-0.4, -0.2) is 55.5 Å². The fourth-order valence-electron chi connectivity index (χ4n) is 4.16. The van der Waals surface area contributed by atoms with Gasteiger partial charge in [0, 0.05) is 16.7 Å². The van der Waals surface area contributed by atoms with E-state index in [-0.39, 0.29) is 79.0 Å². The third-order valence-corrected chi connectivity index (χ3v) is 6.27. The minimum Gasteiger partial charge on any atom is -0.489 e. The van der Waals surface area contributed by atoms with Gasteiger partial charge >= 0.3 is 23.9 Å². The largest absolute Gasteiger partial charge is 0.489 e. The first-order valence-electron chi connectivity index (χ1n) is 14.2. The summed E-state index contributed by atoms with van der Waals surface area (Å²) in [6.45, 7) is 6.81. The first-order valence-corrected chi connectivity index (χ1v) is 14.5. The topological polar surface area (TPSA) is 141 Å². The molecule has 0 unspecified atom stereocenters. The van der Waals surface area contributed by atoms with Crippen LogP contribution < -0.4 is 9.47 Å². The highest BCUT2D eigenvalue weighted by Gasteiger charge is 2.20. The summed E-state index contributed by atoms with van der Waals surface area (Å²) in [4.78, 5) is 62.2. The number of carbonyl (C=O) groups is 5. The van der Waals surface area contributed by atoms with Gasteiger partial charge in [0.05, 0.1) is 48.7 Å². The van der Waals surface area contributed by atoms with Gasteiger partial charge in [0.2, 0.25) is 0 Å². The summed E-state index contributed by atoms with van der Waals surface area (Å²) in [6, 6.07) is 13.3. The van der Waals surface area contributed by atoms with E-state index in [1.165, 1.54) is 36.4 Å². The fraction of sp³-hybridized carbons (Fsp3) is 0.303. The van der Waals surface area contributed by atoms with Gasteiger partial charge in [-0.2, -0.15) is 0 Å². The molecule has 0 spiro atoms. The number of hydrogen-bond acceptors (Lipinski definition) is 11. The van der Waals surface area contributed by atoms with Crippen LogP contribution in [0.3, 0.4) is 0 Å². The quantitative estimate of drug-likeness (QED) is 0.111. The van der Waals surface area contributed by atoms with Crippen molar-refractivity contribution in [3.8, 4) is 11.5 Å². The van der Waals surface area contributed by atoms with Crippen molar-refractivity contribution in [2.45, 2.75) is 40.9 Å². The molecule has 0 N–H and O–H groups in total. The fourth-order valence-corrected chi connectivity index (χ4v) is 4.41. The van der Waals surface area contributed by atoms with Gasteiger partial charge in [-0.25, -0.2) is 19.2 Å². The zero-order chi connectivity index (χ0) is 32.9. The Hall–Kier alpha value is -4.90. The third-order valence-electron chi connectivity index (χ3n) is 6.08. The maximum absolute atomic E-state index is 12.6. The SMILES string of the molecule is CCOC(=O)c1cc(OCc2cccc(COc3cc(C(=O)OCC)cc(C(=O)OCC)c3)c2C(=O)Cl)cc(C(=O)OCC)c1. The van der Waals surface area contributed by atoms with Gasteiger partial charge < -0.3 is 28.4 Å². The average molecular weight is 641 g/mol. The number of ether oxygens (including phenoxy) is 6. The summed E-state index contributed by atoms with van der Waals surface area (Å²) in [7, 11) is 0. The first kappa shape index (κ1) is 34.6. The third kappa shape index (κ3) is 9.54. The number of rotatable bonds is 15. The molecule has 3 aromatic rings. The van der Waals surface area contributed by atoms with Crippen LogP contribution in [0.1, 0.15) is 90.6 Å². The highest BCUT2D eigenvalue weighted by Crippen LogP contribution is 2.26. The zero-order valence-corrected chi connectivity index (χ0v) is 26.1. The number of esters is 4. The molecular formula is C33H33ClO11. The highest BCUT2D eigenvalue weighted by atomic mass is 35.5. The lowest BCUT2D eigenvalue weighted by Gasteiger charge is -2.15. The highest BCUT2D eigenvalue weighted by molar-refractivity contribution is 6.68. The van der Waals surface area contributed by atoms with Crippen LogP contribution in [0, 0.1) is 0 Å². The zero-order valence-electron chi connectivity index (χ0n) is 25.3. The Morgan fingerprint density at radius 2 is 0.844 bits per heavy atom. The van der Waals surface area contributed by atoms with Crippen LogP contribution in [-0.2, 0) is 32.2 Å².